The van der Waals surface area contributed by atoms with Crippen molar-refractivity contribution in [1.82, 2.24) is 9.78 Å². The number of anilines is 1. The van der Waals surface area contributed by atoms with Crippen LogP contribution in [-0.4, -0.2) is 20.6 Å². The van der Waals surface area contributed by atoms with Gasteiger partial charge in [-0.15, -0.1) is 0 Å². The molecule has 0 fully saturated rings. The lowest BCUT2D eigenvalue weighted by Gasteiger charge is -2.11. The summed E-state index contributed by atoms with van der Waals surface area (Å²) in [6.07, 6.45) is 3.64. The molecule has 7 heteroatoms. The van der Waals surface area contributed by atoms with Crippen molar-refractivity contribution in [2.45, 2.75) is 6.54 Å². The fraction of sp³-hybridized carbons (Fsp3) is 0.0435. The average molecular weight is 398 g/mol. The van der Waals surface area contributed by atoms with Crippen molar-refractivity contribution in [3.8, 4) is 11.1 Å². The van der Waals surface area contributed by atoms with Crippen molar-refractivity contribution in [2.24, 2.45) is 0 Å². The van der Waals surface area contributed by atoms with Crippen molar-refractivity contribution >= 4 is 17.3 Å². The van der Waals surface area contributed by atoms with Crippen LogP contribution in [0.25, 0.3) is 11.1 Å². The second-order valence-corrected chi connectivity index (χ2v) is 6.71. The summed E-state index contributed by atoms with van der Waals surface area (Å²) in [6.45, 7) is 0.669. The predicted molar refractivity (Wildman–Crippen MR) is 114 cm³/mol. The van der Waals surface area contributed by atoms with Gasteiger partial charge >= 0.3 is 0 Å². The Kier molecular flexibility index (Phi) is 5.34. The second kappa shape index (κ2) is 8.40. The maximum Gasteiger partial charge on any atom is 0.271 e. The Morgan fingerprint density at radius 3 is 2.53 bits per heavy atom. The lowest BCUT2D eigenvalue weighted by Crippen LogP contribution is -2.13. The van der Waals surface area contributed by atoms with Gasteiger partial charge in [0.1, 0.15) is 0 Å². The maximum absolute atomic E-state index is 12.9. The van der Waals surface area contributed by atoms with Gasteiger partial charge in [0, 0.05) is 35.8 Å². The summed E-state index contributed by atoms with van der Waals surface area (Å²) in [4.78, 5) is 23.3. The van der Waals surface area contributed by atoms with Gasteiger partial charge in [-0.25, -0.2) is 0 Å². The highest BCUT2D eigenvalue weighted by molar-refractivity contribution is 6.08. The summed E-state index contributed by atoms with van der Waals surface area (Å²) >= 11 is 0. The molecule has 148 valence electrons. The van der Waals surface area contributed by atoms with Crippen LogP contribution in [0.1, 0.15) is 15.9 Å². The molecule has 1 amide bonds. The van der Waals surface area contributed by atoms with Gasteiger partial charge in [0.15, 0.2) is 0 Å². The number of hydrogen-bond acceptors (Lipinski definition) is 4. The zero-order valence-electron chi connectivity index (χ0n) is 15.9. The summed E-state index contributed by atoms with van der Waals surface area (Å²) in [6, 6.07) is 23.0. The molecule has 0 aliphatic carbocycles. The second-order valence-electron chi connectivity index (χ2n) is 6.71. The van der Waals surface area contributed by atoms with Crippen LogP contribution in [-0.2, 0) is 6.54 Å². The Labute approximate surface area is 172 Å². The summed E-state index contributed by atoms with van der Waals surface area (Å²) in [5.74, 6) is -0.327. The third-order valence-electron chi connectivity index (χ3n) is 4.66. The molecule has 1 heterocycles. The first kappa shape index (κ1) is 19.1. The summed E-state index contributed by atoms with van der Waals surface area (Å²) in [7, 11) is 0. The van der Waals surface area contributed by atoms with E-state index in [1.807, 2.05) is 53.3 Å². The number of nitro benzene ring substituents is 1. The van der Waals surface area contributed by atoms with Gasteiger partial charge in [-0.05, 0) is 34.9 Å². The van der Waals surface area contributed by atoms with E-state index in [4.69, 9.17) is 0 Å². The first-order valence-corrected chi connectivity index (χ1v) is 9.32. The first-order chi connectivity index (χ1) is 14.6. The van der Waals surface area contributed by atoms with Crippen LogP contribution in [0.15, 0.2) is 91.3 Å². The lowest BCUT2D eigenvalue weighted by molar-refractivity contribution is -0.384. The molecule has 0 unspecified atom stereocenters. The van der Waals surface area contributed by atoms with Gasteiger partial charge in [0.25, 0.3) is 11.6 Å². The molecular weight excluding hydrogens is 380 g/mol. The van der Waals surface area contributed by atoms with E-state index in [0.717, 1.165) is 16.7 Å². The van der Waals surface area contributed by atoms with Crippen LogP contribution < -0.4 is 5.32 Å². The number of aromatic nitrogens is 2. The van der Waals surface area contributed by atoms with Gasteiger partial charge in [-0.2, -0.15) is 5.10 Å². The average Bonchev–Trinajstić information content (AvgIpc) is 3.27. The smallest absolute Gasteiger partial charge is 0.271 e. The van der Waals surface area contributed by atoms with E-state index in [1.54, 1.807) is 24.4 Å². The molecule has 30 heavy (non-hydrogen) atoms. The number of hydrogen-bond donors (Lipinski definition) is 1. The molecule has 0 aliphatic heterocycles. The fourth-order valence-corrected chi connectivity index (χ4v) is 3.20. The van der Waals surface area contributed by atoms with Crippen LogP contribution in [0.5, 0.6) is 0 Å². The Hall–Kier alpha value is -4.26. The van der Waals surface area contributed by atoms with Gasteiger partial charge < -0.3 is 5.32 Å². The minimum Gasteiger partial charge on any atom is -0.322 e. The number of amides is 1. The molecule has 3 aromatic carbocycles. The molecular formula is C23H18N4O3. The maximum atomic E-state index is 12.9. The van der Waals surface area contributed by atoms with Crippen LogP contribution in [0.2, 0.25) is 0 Å². The molecule has 4 rings (SSSR count). The SMILES string of the molecule is O=C(Nc1cccc([N+](=O)[O-])c1)c1ccccc1-c1ccc(Cn2cccn2)cc1. The van der Waals surface area contributed by atoms with Crippen molar-refractivity contribution in [2.75, 3.05) is 5.32 Å². The van der Waals surface area contributed by atoms with E-state index in [1.165, 1.54) is 18.2 Å². The highest BCUT2D eigenvalue weighted by atomic mass is 16.6. The van der Waals surface area contributed by atoms with Crippen LogP contribution >= 0.6 is 0 Å². The third-order valence-corrected chi connectivity index (χ3v) is 4.66. The van der Waals surface area contributed by atoms with E-state index in [9.17, 15) is 14.9 Å². The molecule has 0 atom stereocenters. The summed E-state index contributed by atoms with van der Waals surface area (Å²) < 4.78 is 1.84. The Bertz CT molecular complexity index is 1190. The summed E-state index contributed by atoms with van der Waals surface area (Å²) in [5.41, 5.74) is 3.58. The number of nitro groups is 1. The zero-order valence-corrected chi connectivity index (χ0v) is 15.9. The fourth-order valence-electron chi connectivity index (χ4n) is 3.20. The largest absolute Gasteiger partial charge is 0.322 e. The Morgan fingerprint density at radius 2 is 1.80 bits per heavy atom. The standard InChI is InChI=1S/C23H18N4O3/c28-23(25-19-5-3-6-20(15-19)27(29)30)22-8-2-1-7-21(22)18-11-9-17(10-12-18)16-26-14-4-13-24-26/h1-15H,16H2,(H,25,28). The van der Waals surface area contributed by atoms with Crippen LogP contribution in [0.3, 0.4) is 0 Å². The number of rotatable bonds is 6. The third kappa shape index (κ3) is 4.25. The van der Waals surface area contributed by atoms with Crippen LogP contribution in [0, 0.1) is 10.1 Å². The lowest BCUT2D eigenvalue weighted by atomic mass is 9.98. The normalized spacial score (nSPS) is 10.5. The monoisotopic (exact) mass is 398 g/mol. The van der Waals surface area contributed by atoms with Crippen molar-refractivity contribution in [3.05, 3.63) is 112 Å². The van der Waals surface area contributed by atoms with Crippen molar-refractivity contribution in [1.29, 1.82) is 0 Å². The number of nitrogens with zero attached hydrogens (tertiary/aromatic N) is 3. The molecule has 4 aromatic rings. The number of benzene rings is 3. The molecule has 7 nitrogen and oxygen atoms in total. The van der Waals surface area contributed by atoms with Gasteiger partial charge in [0.2, 0.25) is 0 Å². The molecule has 0 spiro atoms. The number of carbonyl (C=O) groups excluding carboxylic acids is 1. The molecule has 0 bridgehead atoms. The number of non-ortho nitro benzene ring substituents is 1. The van der Waals surface area contributed by atoms with Crippen molar-refractivity contribution < 1.29 is 9.72 Å². The Morgan fingerprint density at radius 1 is 1.00 bits per heavy atom. The summed E-state index contributed by atoms with van der Waals surface area (Å²) in [5, 5.41) is 17.9. The molecule has 0 radical (unpaired) electrons. The van der Waals surface area contributed by atoms with Gasteiger partial charge in [-0.3, -0.25) is 19.6 Å². The highest BCUT2D eigenvalue weighted by Gasteiger charge is 2.14. The first-order valence-electron chi connectivity index (χ1n) is 9.32. The highest BCUT2D eigenvalue weighted by Crippen LogP contribution is 2.26. The van der Waals surface area contributed by atoms with E-state index in [2.05, 4.69) is 10.4 Å². The zero-order chi connectivity index (χ0) is 20.9. The van der Waals surface area contributed by atoms with Crippen molar-refractivity contribution in [3.63, 3.8) is 0 Å². The van der Waals surface area contributed by atoms with E-state index in [-0.39, 0.29) is 11.6 Å². The van der Waals surface area contributed by atoms with Gasteiger partial charge in [0.05, 0.1) is 11.5 Å². The molecule has 1 N–H and O–H groups in total. The minimum absolute atomic E-state index is 0.0751. The van der Waals surface area contributed by atoms with E-state index < -0.39 is 4.92 Å². The van der Waals surface area contributed by atoms with Gasteiger partial charge in [-0.1, -0.05) is 48.5 Å². The minimum atomic E-state index is -0.492. The predicted octanol–water partition coefficient (Wildman–Crippen LogP) is 4.76. The molecule has 0 saturated carbocycles. The molecule has 0 saturated heterocycles. The molecule has 1 aromatic heterocycles. The van der Waals surface area contributed by atoms with E-state index in [0.29, 0.717) is 17.8 Å². The number of carbonyl (C=O) groups is 1. The molecule has 0 aliphatic rings. The topological polar surface area (TPSA) is 90.1 Å². The van der Waals surface area contributed by atoms with Crippen LogP contribution in [0.4, 0.5) is 11.4 Å². The Balaban J connectivity index is 1.57. The quantitative estimate of drug-likeness (QED) is 0.375. The van der Waals surface area contributed by atoms with E-state index >= 15 is 0 Å². The number of nitrogens with one attached hydrogen (secondary N) is 1.